The van der Waals surface area contributed by atoms with E-state index in [2.05, 4.69) is 4.98 Å². The number of hydrogen-bond donors (Lipinski definition) is 1. The highest BCUT2D eigenvalue weighted by molar-refractivity contribution is 6.06. The van der Waals surface area contributed by atoms with Gasteiger partial charge in [0.2, 0.25) is 0 Å². The Morgan fingerprint density at radius 3 is 2.86 bits per heavy atom. The summed E-state index contributed by atoms with van der Waals surface area (Å²) in [6, 6.07) is 11.3. The molecule has 0 fully saturated rings. The van der Waals surface area contributed by atoms with Crippen LogP contribution in [0.1, 0.15) is 15.9 Å². The second kappa shape index (κ2) is 4.53. The standard InChI is InChI=1S/C17H10FNO3/c18-9-5-6-13-11(7-9)15(17(20)21)12-8-22-14-4-2-1-3-10(14)16(12)19-13/h1-7H,8H2,(H,20,21). The van der Waals surface area contributed by atoms with E-state index in [1.165, 1.54) is 18.2 Å². The molecule has 0 amide bonds. The van der Waals surface area contributed by atoms with E-state index in [1.807, 2.05) is 24.3 Å². The Kier molecular flexibility index (Phi) is 2.63. The van der Waals surface area contributed by atoms with Crippen LogP contribution in [0.25, 0.3) is 22.2 Å². The summed E-state index contributed by atoms with van der Waals surface area (Å²) in [5.74, 6) is -0.939. The zero-order chi connectivity index (χ0) is 15.3. The molecule has 1 aliphatic heterocycles. The van der Waals surface area contributed by atoms with Crippen molar-refractivity contribution in [3.8, 4) is 17.0 Å². The van der Waals surface area contributed by atoms with Crippen molar-refractivity contribution < 1.29 is 19.0 Å². The van der Waals surface area contributed by atoms with E-state index in [4.69, 9.17) is 4.74 Å². The van der Waals surface area contributed by atoms with Crippen LogP contribution >= 0.6 is 0 Å². The number of carbonyl (C=O) groups is 1. The molecule has 2 heterocycles. The fourth-order valence-corrected chi connectivity index (χ4v) is 2.82. The van der Waals surface area contributed by atoms with Gasteiger partial charge in [-0.25, -0.2) is 14.2 Å². The molecule has 0 unspecified atom stereocenters. The van der Waals surface area contributed by atoms with E-state index in [0.717, 1.165) is 5.56 Å². The van der Waals surface area contributed by atoms with Gasteiger partial charge in [0.25, 0.3) is 0 Å². The van der Waals surface area contributed by atoms with Crippen molar-refractivity contribution in [2.75, 3.05) is 0 Å². The monoisotopic (exact) mass is 295 g/mol. The van der Waals surface area contributed by atoms with Crippen LogP contribution in [0.15, 0.2) is 42.5 Å². The molecule has 5 heteroatoms. The number of aromatic nitrogens is 1. The van der Waals surface area contributed by atoms with Crippen LogP contribution in [0.5, 0.6) is 5.75 Å². The van der Waals surface area contributed by atoms with Crippen molar-refractivity contribution in [1.29, 1.82) is 0 Å². The van der Waals surface area contributed by atoms with E-state index < -0.39 is 11.8 Å². The van der Waals surface area contributed by atoms with Gasteiger partial charge in [-0.15, -0.1) is 0 Å². The Morgan fingerprint density at radius 2 is 2.05 bits per heavy atom. The Balaban J connectivity index is 2.14. The lowest BCUT2D eigenvalue weighted by molar-refractivity contribution is 0.0696. The number of ether oxygens (including phenoxy) is 1. The molecule has 108 valence electrons. The molecule has 22 heavy (non-hydrogen) atoms. The van der Waals surface area contributed by atoms with E-state index in [9.17, 15) is 14.3 Å². The van der Waals surface area contributed by atoms with Crippen LogP contribution in [0.4, 0.5) is 4.39 Å². The second-order valence-electron chi connectivity index (χ2n) is 5.07. The van der Waals surface area contributed by atoms with Crippen LogP contribution in [0.2, 0.25) is 0 Å². The molecule has 0 aliphatic carbocycles. The van der Waals surface area contributed by atoms with Gasteiger partial charge in [0, 0.05) is 16.5 Å². The summed E-state index contributed by atoms with van der Waals surface area (Å²) in [4.78, 5) is 16.2. The van der Waals surface area contributed by atoms with Crippen LogP contribution in [-0.4, -0.2) is 16.1 Å². The minimum atomic E-state index is -1.11. The SMILES string of the molecule is O=C(O)c1c2c(nc3ccc(F)cc13)-c1ccccc1OC2. The Labute approximate surface area is 124 Å². The number of pyridine rings is 1. The summed E-state index contributed by atoms with van der Waals surface area (Å²) in [5, 5.41) is 9.86. The number of hydrogen-bond acceptors (Lipinski definition) is 3. The molecule has 4 rings (SSSR count). The van der Waals surface area contributed by atoms with Gasteiger partial charge in [-0.3, -0.25) is 0 Å². The van der Waals surface area contributed by atoms with Crippen LogP contribution < -0.4 is 4.74 Å². The zero-order valence-corrected chi connectivity index (χ0v) is 11.3. The summed E-state index contributed by atoms with van der Waals surface area (Å²) in [5.41, 5.74) is 2.31. The minimum absolute atomic E-state index is 0.0500. The van der Waals surface area contributed by atoms with Crippen molar-refractivity contribution in [1.82, 2.24) is 4.98 Å². The molecule has 0 atom stereocenters. The highest BCUT2D eigenvalue weighted by Gasteiger charge is 2.26. The third-order valence-corrected chi connectivity index (χ3v) is 3.78. The first-order valence-electron chi connectivity index (χ1n) is 6.73. The predicted octanol–water partition coefficient (Wildman–Crippen LogP) is 3.63. The molecule has 3 aromatic rings. The summed E-state index contributed by atoms with van der Waals surface area (Å²) in [6.07, 6.45) is 0. The van der Waals surface area contributed by atoms with Gasteiger partial charge in [-0.1, -0.05) is 12.1 Å². The molecular weight excluding hydrogens is 285 g/mol. The predicted molar refractivity (Wildman–Crippen MR) is 78.4 cm³/mol. The van der Waals surface area contributed by atoms with Crippen LogP contribution in [0, 0.1) is 5.82 Å². The van der Waals surface area contributed by atoms with Crippen molar-refractivity contribution >= 4 is 16.9 Å². The molecule has 4 nitrogen and oxygen atoms in total. The molecule has 0 bridgehead atoms. The molecule has 1 aliphatic rings. The maximum Gasteiger partial charge on any atom is 0.336 e. The number of carboxylic acids is 1. The minimum Gasteiger partial charge on any atom is -0.488 e. The van der Waals surface area contributed by atoms with E-state index in [-0.39, 0.29) is 17.6 Å². The third-order valence-electron chi connectivity index (χ3n) is 3.78. The Bertz CT molecular complexity index is 937. The van der Waals surface area contributed by atoms with Crippen LogP contribution in [-0.2, 0) is 6.61 Å². The van der Waals surface area contributed by atoms with E-state index in [1.54, 1.807) is 0 Å². The van der Waals surface area contributed by atoms with E-state index >= 15 is 0 Å². The number of nitrogens with zero attached hydrogens (tertiary/aromatic N) is 1. The topological polar surface area (TPSA) is 59.4 Å². The number of carboxylic acid groups (broad SMARTS) is 1. The van der Waals surface area contributed by atoms with Crippen molar-refractivity contribution in [2.24, 2.45) is 0 Å². The van der Waals surface area contributed by atoms with Gasteiger partial charge in [0.15, 0.2) is 0 Å². The fraction of sp³-hybridized carbons (Fsp3) is 0.0588. The first-order valence-corrected chi connectivity index (χ1v) is 6.73. The summed E-state index contributed by atoms with van der Waals surface area (Å²) < 4.78 is 19.1. The number of rotatable bonds is 1. The van der Waals surface area contributed by atoms with E-state index in [0.29, 0.717) is 22.5 Å². The maximum absolute atomic E-state index is 13.5. The molecular formula is C17H10FNO3. The number of fused-ring (bicyclic) bond motifs is 4. The summed E-state index contributed by atoms with van der Waals surface area (Å²) >= 11 is 0. The number of para-hydroxylation sites is 1. The van der Waals surface area contributed by atoms with Gasteiger partial charge in [-0.2, -0.15) is 0 Å². The summed E-state index contributed by atoms with van der Waals surface area (Å²) in [6.45, 7) is 0.105. The molecule has 2 aromatic carbocycles. The maximum atomic E-state index is 13.5. The van der Waals surface area contributed by atoms with Crippen molar-refractivity contribution in [3.63, 3.8) is 0 Å². The molecule has 0 saturated heterocycles. The Hall–Kier alpha value is -2.95. The van der Waals surface area contributed by atoms with Gasteiger partial charge in [0.05, 0.1) is 16.8 Å². The fourth-order valence-electron chi connectivity index (χ4n) is 2.82. The number of aromatic carboxylic acids is 1. The van der Waals surface area contributed by atoms with Gasteiger partial charge < -0.3 is 9.84 Å². The average Bonchev–Trinajstić information content (AvgIpc) is 2.52. The smallest absolute Gasteiger partial charge is 0.336 e. The quantitative estimate of drug-likeness (QED) is 0.744. The second-order valence-corrected chi connectivity index (χ2v) is 5.07. The first kappa shape index (κ1) is 12.8. The summed E-state index contributed by atoms with van der Waals surface area (Å²) in [7, 11) is 0. The van der Waals surface area contributed by atoms with Crippen LogP contribution in [0.3, 0.4) is 0 Å². The molecule has 0 spiro atoms. The lowest BCUT2D eigenvalue weighted by atomic mass is 9.95. The highest BCUT2D eigenvalue weighted by atomic mass is 19.1. The molecule has 0 radical (unpaired) electrons. The molecule has 1 N–H and O–H groups in total. The number of halogens is 1. The lowest BCUT2D eigenvalue weighted by Gasteiger charge is -2.22. The lowest BCUT2D eigenvalue weighted by Crippen LogP contribution is -2.14. The Morgan fingerprint density at radius 1 is 1.23 bits per heavy atom. The zero-order valence-electron chi connectivity index (χ0n) is 11.3. The number of benzene rings is 2. The average molecular weight is 295 g/mol. The molecule has 0 saturated carbocycles. The first-order chi connectivity index (χ1) is 10.6. The van der Waals surface area contributed by atoms with Crippen molar-refractivity contribution in [3.05, 3.63) is 59.4 Å². The van der Waals surface area contributed by atoms with Gasteiger partial charge in [0.1, 0.15) is 18.2 Å². The highest BCUT2D eigenvalue weighted by Crippen LogP contribution is 2.39. The van der Waals surface area contributed by atoms with Crippen molar-refractivity contribution in [2.45, 2.75) is 6.61 Å². The van der Waals surface area contributed by atoms with Gasteiger partial charge in [-0.05, 0) is 30.3 Å². The largest absolute Gasteiger partial charge is 0.488 e. The normalized spacial score (nSPS) is 12.4. The van der Waals surface area contributed by atoms with Gasteiger partial charge >= 0.3 is 5.97 Å². The molecule has 1 aromatic heterocycles. The third kappa shape index (κ3) is 1.75.